The van der Waals surface area contributed by atoms with Gasteiger partial charge in [0.2, 0.25) is 11.8 Å². The second-order valence-corrected chi connectivity index (χ2v) is 3.25. The third-order valence-electron chi connectivity index (χ3n) is 2.00. The Balaban J connectivity index is 2.40. The second kappa shape index (κ2) is 5.85. The van der Waals surface area contributed by atoms with E-state index in [1.165, 1.54) is 31.3 Å². The van der Waals surface area contributed by atoms with Crippen molar-refractivity contribution in [2.45, 2.75) is 6.42 Å². The van der Waals surface area contributed by atoms with Gasteiger partial charge in [-0.1, -0.05) is 12.1 Å². The fraction of sp³-hybridized carbons (Fsp3) is 0.273. The first kappa shape index (κ1) is 12.2. The molecule has 1 rings (SSSR count). The molecule has 0 heterocycles. The van der Waals surface area contributed by atoms with Gasteiger partial charge in [0.15, 0.2) is 0 Å². The molecule has 0 aliphatic carbocycles. The zero-order valence-corrected chi connectivity index (χ0v) is 8.92. The van der Waals surface area contributed by atoms with Gasteiger partial charge in [-0.2, -0.15) is 0 Å². The summed E-state index contributed by atoms with van der Waals surface area (Å²) in [7, 11) is 1.49. The maximum Gasteiger partial charge on any atom is 0.239 e. The molecule has 16 heavy (non-hydrogen) atoms. The number of hydrogen-bond acceptors (Lipinski definition) is 2. The lowest BCUT2D eigenvalue weighted by atomic mass is 10.1. The Kier molecular flexibility index (Phi) is 4.44. The van der Waals surface area contributed by atoms with Gasteiger partial charge < -0.3 is 10.6 Å². The number of nitrogens with one attached hydrogen (secondary N) is 2. The summed E-state index contributed by atoms with van der Waals surface area (Å²) in [6.45, 7) is -0.0451. The summed E-state index contributed by atoms with van der Waals surface area (Å²) in [5, 5.41) is 4.84. The third kappa shape index (κ3) is 4.08. The molecule has 0 aromatic heterocycles. The van der Waals surface area contributed by atoms with E-state index in [9.17, 15) is 14.0 Å². The fourth-order valence-corrected chi connectivity index (χ4v) is 1.12. The van der Waals surface area contributed by atoms with Crippen molar-refractivity contribution in [3.05, 3.63) is 35.6 Å². The van der Waals surface area contributed by atoms with E-state index in [0.29, 0.717) is 5.56 Å². The van der Waals surface area contributed by atoms with Crippen molar-refractivity contribution in [1.82, 2.24) is 10.6 Å². The number of amides is 2. The molecule has 0 spiro atoms. The smallest absolute Gasteiger partial charge is 0.239 e. The van der Waals surface area contributed by atoms with Gasteiger partial charge in [0.1, 0.15) is 5.82 Å². The van der Waals surface area contributed by atoms with Gasteiger partial charge in [-0.25, -0.2) is 4.39 Å². The lowest BCUT2D eigenvalue weighted by Crippen LogP contribution is -2.35. The quantitative estimate of drug-likeness (QED) is 0.769. The van der Waals surface area contributed by atoms with E-state index >= 15 is 0 Å². The first-order valence-corrected chi connectivity index (χ1v) is 4.83. The van der Waals surface area contributed by atoms with E-state index in [1.807, 2.05) is 0 Å². The van der Waals surface area contributed by atoms with Crippen LogP contribution < -0.4 is 10.6 Å². The molecular weight excluding hydrogens is 211 g/mol. The standard InChI is InChI=1S/C11H13FN2O2/c1-13-11(16)7-14-10(15)6-8-2-4-9(12)5-3-8/h2-5H,6-7H2,1H3,(H,13,16)(H,14,15). The lowest BCUT2D eigenvalue weighted by Gasteiger charge is -2.04. The minimum absolute atomic E-state index is 0.0451. The molecule has 0 fully saturated rings. The fourth-order valence-electron chi connectivity index (χ4n) is 1.12. The number of rotatable bonds is 4. The average Bonchev–Trinajstić information content (AvgIpc) is 2.29. The van der Waals surface area contributed by atoms with Crippen LogP contribution in [-0.2, 0) is 16.0 Å². The van der Waals surface area contributed by atoms with Crippen LogP contribution in [-0.4, -0.2) is 25.4 Å². The highest BCUT2D eigenvalue weighted by molar-refractivity contribution is 5.85. The Morgan fingerprint density at radius 2 is 1.81 bits per heavy atom. The Morgan fingerprint density at radius 3 is 2.38 bits per heavy atom. The monoisotopic (exact) mass is 224 g/mol. The summed E-state index contributed by atoms with van der Waals surface area (Å²) in [6, 6.07) is 5.66. The van der Waals surface area contributed by atoms with Gasteiger partial charge in [-0.15, -0.1) is 0 Å². The Hall–Kier alpha value is -1.91. The minimum atomic E-state index is -0.338. The molecule has 2 N–H and O–H groups in total. The summed E-state index contributed by atoms with van der Waals surface area (Å²) in [4.78, 5) is 22.2. The number of hydrogen-bond donors (Lipinski definition) is 2. The molecular formula is C11H13FN2O2. The summed E-state index contributed by atoms with van der Waals surface area (Å²) in [6.07, 6.45) is 0.136. The molecule has 86 valence electrons. The van der Waals surface area contributed by atoms with Crippen molar-refractivity contribution < 1.29 is 14.0 Å². The number of carbonyl (C=O) groups is 2. The molecule has 0 aliphatic heterocycles. The first-order valence-electron chi connectivity index (χ1n) is 4.83. The number of benzene rings is 1. The average molecular weight is 224 g/mol. The topological polar surface area (TPSA) is 58.2 Å². The number of carbonyl (C=O) groups excluding carboxylic acids is 2. The van der Waals surface area contributed by atoms with Gasteiger partial charge in [-0.05, 0) is 17.7 Å². The highest BCUT2D eigenvalue weighted by atomic mass is 19.1. The van der Waals surface area contributed by atoms with E-state index in [1.54, 1.807) is 0 Å². The highest BCUT2D eigenvalue weighted by Gasteiger charge is 2.05. The number of halogens is 1. The molecule has 0 unspecified atom stereocenters. The highest BCUT2D eigenvalue weighted by Crippen LogP contribution is 2.03. The van der Waals surface area contributed by atoms with Crippen LogP contribution in [0.4, 0.5) is 4.39 Å². The Morgan fingerprint density at radius 1 is 1.19 bits per heavy atom. The zero-order chi connectivity index (χ0) is 12.0. The van der Waals surface area contributed by atoms with E-state index < -0.39 is 0 Å². The molecule has 1 aromatic rings. The van der Waals surface area contributed by atoms with Crippen LogP contribution in [0.3, 0.4) is 0 Å². The molecule has 0 saturated carbocycles. The van der Waals surface area contributed by atoms with Gasteiger partial charge >= 0.3 is 0 Å². The molecule has 1 aromatic carbocycles. The summed E-state index contributed by atoms with van der Waals surface area (Å²) in [5.74, 6) is -0.864. The minimum Gasteiger partial charge on any atom is -0.358 e. The van der Waals surface area contributed by atoms with Gasteiger partial charge in [0.25, 0.3) is 0 Å². The van der Waals surface area contributed by atoms with E-state index in [0.717, 1.165) is 0 Å². The molecule has 2 amide bonds. The largest absolute Gasteiger partial charge is 0.358 e. The Bertz CT molecular complexity index is 376. The SMILES string of the molecule is CNC(=O)CNC(=O)Cc1ccc(F)cc1. The molecule has 5 heteroatoms. The summed E-state index contributed by atoms with van der Waals surface area (Å²) >= 11 is 0. The van der Waals surface area contributed by atoms with E-state index in [2.05, 4.69) is 10.6 Å². The van der Waals surface area contributed by atoms with Gasteiger partial charge in [0.05, 0.1) is 13.0 Å². The summed E-state index contributed by atoms with van der Waals surface area (Å²) in [5.41, 5.74) is 0.704. The van der Waals surface area contributed by atoms with Crippen LogP contribution >= 0.6 is 0 Å². The number of likely N-dealkylation sites (N-methyl/N-ethyl adjacent to an activating group) is 1. The van der Waals surface area contributed by atoms with Crippen LogP contribution in [0, 0.1) is 5.82 Å². The van der Waals surface area contributed by atoms with Crippen LogP contribution in [0.5, 0.6) is 0 Å². The van der Waals surface area contributed by atoms with Crippen molar-refractivity contribution in [2.24, 2.45) is 0 Å². The predicted octanol–water partition coefficient (Wildman–Crippen LogP) is 0.230. The van der Waals surface area contributed by atoms with Crippen molar-refractivity contribution in [3.8, 4) is 0 Å². The normalized spacial score (nSPS) is 9.62. The zero-order valence-electron chi connectivity index (χ0n) is 8.92. The maximum atomic E-state index is 12.6. The molecule has 4 nitrogen and oxygen atoms in total. The van der Waals surface area contributed by atoms with Crippen molar-refractivity contribution in [1.29, 1.82) is 0 Å². The summed E-state index contributed by atoms with van der Waals surface area (Å²) < 4.78 is 12.6. The molecule has 0 bridgehead atoms. The van der Waals surface area contributed by atoms with Crippen LogP contribution in [0.25, 0.3) is 0 Å². The molecule has 0 atom stereocenters. The lowest BCUT2D eigenvalue weighted by molar-refractivity contribution is -0.125. The van der Waals surface area contributed by atoms with Crippen molar-refractivity contribution in [3.63, 3.8) is 0 Å². The second-order valence-electron chi connectivity index (χ2n) is 3.25. The molecule has 0 radical (unpaired) electrons. The van der Waals surface area contributed by atoms with Crippen LogP contribution in [0.2, 0.25) is 0 Å². The van der Waals surface area contributed by atoms with Crippen LogP contribution in [0.15, 0.2) is 24.3 Å². The predicted molar refractivity (Wildman–Crippen MR) is 57.2 cm³/mol. The third-order valence-corrected chi connectivity index (χ3v) is 2.00. The Labute approximate surface area is 92.8 Å². The molecule has 0 aliphatic rings. The molecule has 0 saturated heterocycles. The van der Waals surface area contributed by atoms with E-state index in [4.69, 9.17) is 0 Å². The van der Waals surface area contributed by atoms with Crippen molar-refractivity contribution in [2.75, 3.05) is 13.6 Å². The first-order chi connectivity index (χ1) is 7.61. The maximum absolute atomic E-state index is 12.6. The van der Waals surface area contributed by atoms with Crippen LogP contribution in [0.1, 0.15) is 5.56 Å². The van der Waals surface area contributed by atoms with Crippen molar-refractivity contribution >= 4 is 11.8 Å². The van der Waals surface area contributed by atoms with Gasteiger partial charge in [0, 0.05) is 7.05 Å². The van der Waals surface area contributed by atoms with Gasteiger partial charge in [-0.3, -0.25) is 9.59 Å². The van der Waals surface area contributed by atoms with E-state index in [-0.39, 0.29) is 30.6 Å².